The number of furan rings is 1. The van der Waals surface area contributed by atoms with Crippen molar-refractivity contribution in [3.63, 3.8) is 0 Å². The van der Waals surface area contributed by atoms with Crippen LogP contribution in [0.4, 0.5) is 5.69 Å². The molecule has 1 aromatic heterocycles. The zero-order valence-electron chi connectivity index (χ0n) is 10.7. The van der Waals surface area contributed by atoms with Gasteiger partial charge >= 0.3 is 0 Å². The summed E-state index contributed by atoms with van der Waals surface area (Å²) in [4.78, 5) is 0. The van der Waals surface area contributed by atoms with Gasteiger partial charge in [-0.3, -0.25) is 0 Å². The lowest BCUT2D eigenvalue weighted by Crippen LogP contribution is -2.14. The van der Waals surface area contributed by atoms with Gasteiger partial charge in [0.15, 0.2) is 0 Å². The summed E-state index contributed by atoms with van der Waals surface area (Å²) in [5.74, 6) is 0. The fourth-order valence-corrected chi connectivity index (χ4v) is 1.88. The molecule has 0 aliphatic rings. The molecule has 0 saturated carbocycles. The van der Waals surface area contributed by atoms with Crippen molar-refractivity contribution >= 4 is 5.69 Å². The van der Waals surface area contributed by atoms with E-state index in [1.807, 2.05) is 6.07 Å². The fraction of sp³-hybridized carbons (Fsp3) is 0.333. The molecule has 0 radical (unpaired) electrons. The van der Waals surface area contributed by atoms with Crippen LogP contribution < -0.4 is 5.32 Å². The van der Waals surface area contributed by atoms with E-state index >= 15 is 0 Å². The van der Waals surface area contributed by atoms with E-state index in [-0.39, 0.29) is 5.41 Å². The van der Waals surface area contributed by atoms with Gasteiger partial charge in [-0.25, -0.2) is 0 Å². The molecule has 0 aliphatic heterocycles. The van der Waals surface area contributed by atoms with E-state index in [1.165, 1.54) is 11.3 Å². The Morgan fingerprint density at radius 1 is 1.12 bits per heavy atom. The summed E-state index contributed by atoms with van der Waals surface area (Å²) in [5.41, 5.74) is 3.85. The summed E-state index contributed by atoms with van der Waals surface area (Å²) >= 11 is 0. The van der Waals surface area contributed by atoms with E-state index in [4.69, 9.17) is 4.42 Å². The molecule has 2 aromatic rings. The lowest BCUT2D eigenvalue weighted by atomic mass is 9.86. The van der Waals surface area contributed by atoms with Gasteiger partial charge < -0.3 is 9.73 Å². The van der Waals surface area contributed by atoms with E-state index < -0.39 is 0 Å². The molecule has 0 spiro atoms. The van der Waals surface area contributed by atoms with Gasteiger partial charge in [-0.05, 0) is 23.1 Å². The molecular weight excluding hydrogens is 210 g/mol. The minimum atomic E-state index is 0.153. The molecule has 2 nitrogen and oxygen atoms in total. The van der Waals surface area contributed by atoms with Crippen LogP contribution in [0.3, 0.4) is 0 Å². The molecule has 1 N–H and O–H groups in total. The van der Waals surface area contributed by atoms with Gasteiger partial charge in [-0.2, -0.15) is 0 Å². The van der Waals surface area contributed by atoms with E-state index in [0.717, 1.165) is 12.1 Å². The highest BCUT2D eigenvalue weighted by molar-refractivity contribution is 5.54. The molecule has 0 bridgehead atoms. The monoisotopic (exact) mass is 229 g/mol. The number of hydrogen-bond donors (Lipinski definition) is 1. The molecule has 0 amide bonds. The fourth-order valence-electron chi connectivity index (χ4n) is 1.88. The highest BCUT2D eigenvalue weighted by atomic mass is 16.3. The first-order chi connectivity index (χ1) is 8.07. The molecule has 1 aromatic carbocycles. The second-order valence-corrected chi connectivity index (χ2v) is 5.28. The first-order valence-electron chi connectivity index (χ1n) is 5.92. The lowest BCUT2D eigenvalue weighted by molar-refractivity contribution is 0.564. The molecule has 0 aliphatic carbocycles. The van der Waals surface area contributed by atoms with E-state index in [2.05, 4.69) is 50.4 Å². The van der Waals surface area contributed by atoms with Crippen LogP contribution in [0.25, 0.3) is 0 Å². The quantitative estimate of drug-likeness (QED) is 0.853. The van der Waals surface area contributed by atoms with Crippen molar-refractivity contribution in [2.24, 2.45) is 0 Å². The Morgan fingerprint density at radius 2 is 1.88 bits per heavy atom. The average molecular weight is 229 g/mol. The molecule has 0 atom stereocenters. The molecule has 0 saturated heterocycles. The van der Waals surface area contributed by atoms with Gasteiger partial charge in [0.2, 0.25) is 0 Å². The third-order valence-electron chi connectivity index (χ3n) is 2.80. The topological polar surface area (TPSA) is 25.2 Å². The molecule has 17 heavy (non-hydrogen) atoms. The average Bonchev–Trinajstić information content (AvgIpc) is 2.78. The number of nitrogens with one attached hydrogen (secondary N) is 1. The zero-order chi connectivity index (χ0) is 12.3. The van der Waals surface area contributed by atoms with Gasteiger partial charge in [0.25, 0.3) is 0 Å². The Labute approximate surface area is 103 Å². The highest BCUT2D eigenvalue weighted by Gasteiger charge is 2.16. The predicted molar refractivity (Wildman–Crippen MR) is 71.2 cm³/mol. The van der Waals surface area contributed by atoms with Crippen molar-refractivity contribution in [1.29, 1.82) is 0 Å². The SMILES string of the molecule is CC(C)(C)c1ccccc1NCc1ccoc1. The van der Waals surface area contributed by atoms with Gasteiger partial charge in [0, 0.05) is 17.8 Å². The van der Waals surface area contributed by atoms with Gasteiger partial charge in [-0.15, -0.1) is 0 Å². The molecule has 1 heterocycles. The maximum absolute atomic E-state index is 5.06. The number of anilines is 1. The van der Waals surface area contributed by atoms with Crippen LogP contribution in [-0.2, 0) is 12.0 Å². The summed E-state index contributed by atoms with van der Waals surface area (Å²) < 4.78 is 5.06. The van der Waals surface area contributed by atoms with Crippen LogP contribution in [-0.4, -0.2) is 0 Å². The predicted octanol–water partition coefficient (Wildman–Crippen LogP) is 4.19. The largest absolute Gasteiger partial charge is 0.472 e. The Bertz CT molecular complexity index is 466. The van der Waals surface area contributed by atoms with E-state index in [9.17, 15) is 0 Å². The number of benzene rings is 1. The van der Waals surface area contributed by atoms with Crippen LogP contribution in [0, 0.1) is 0 Å². The van der Waals surface area contributed by atoms with Crippen molar-refractivity contribution in [2.75, 3.05) is 5.32 Å². The second-order valence-electron chi connectivity index (χ2n) is 5.28. The summed E-state index contributed by atoms with van der Waals surface area (Å²) in [6.07, 6.45) is 3.47. The first kappa shape index (κ1) is 11.8. The second kappa shape index (κ2) is 4.66. The zero-order valence-corrected chi connectivity index (χ0v) is 10.7. The van der Waals surface area contributed by atoms with Crippen molar-refractivity contribution < 1.29 is 4.42 Å². The molecule has 0 fully saturated rings. The number of rotatable bonds is 3. The number of hydrogen-bond acceptors (Lipinski definition) is 2. The lowest BCUT2D eigenvalue weighted by Gasteiger charge is -2.23. The summed E-state index contributed by atoms with van der Waals surface area (Å²) in [5, 5.41) is 3.46. The van der Waals surface area contributed by atoms with Crippen LogP contribution >= 0.6 is 0 Å². The van der Waals surface area contributed by atoms with Crippen molar-refractivity contribution in [1.82, 2.24) is 0 Å². The summed E-state index contributed by atoms with van der Waals surface area (Å²) in [6.45, 7) is 7.48. The normalized spacial score (nSPS) is 11.5. The molecule has 2 rings (SSSR count). The Morgan fingerprint density at radius 3 is 2.53 bits per heavy atom. The Balaban J connectivity index is 2.16. The molecule has 90 valence electrons. The van der Waals surface area contributed by atoms with Crippen LogP contribution in [0.2, 0.25) is 0 Å². The third kappa shape index (κ3) is 2.90. The van der Waals surface area contributed by atoms with Crippen molar-refractivity contribution in [2.45, 2.75) is 32.7 Å². The van der Waals surface area contributed by atoms with E-state index in [1.54, 1.807) is 12.5 Å². The minimum absolute atomic E-state index is 0.153. The maximum Gasteiger partial charge on any atom is 0.0952 e. The van der Waals surface area contributed by atoms with Gasteiger partial charge in [0.05, 0.1) is 12.5 Å². The summed E-state index contributed by atoms with van der Waals surface area (Å²) in [7, 11) is 0. The standard InChI is InChI=1S/C15H19NO/c1-15(2,3)13-6-4-5-7-14(13)16-10-12-8-9-17-11-12/h4-9,11,16H,10H2,1-3H3. The first-order valence-corrected chi connectivity index (χ1v) is 5.92. The Hall–Kier alpha value is -1.70. The van der Waals surface area contributed by atoms with Crippen LogP contribution in [0.15, 0.2) is 47.3 Å². The smallest absolute Gasteiger partial charge is 0.0952 e. The molecule has 2 heteroatoms. The van der Waals surface area contributed by atoms with Crippen molar-refractivity contribution in [3.05, 3.63) is 54.0 Å². The molecular formula is C15H19NO. The maximum atomic E-state index is 5.06. The van der Waals surface area contributed by atoms with Crippen molar-refractivity contribution in [3.8, 4) is 0 Å². The molecule has 0 unspecified atom stereocenters. The van der Waals surface area contributed by atoms with Gasteiger partial charge in [0.1, 0.15) is 0 Å². The van der Waals surface area contributed by atoms with E-state index in [0.29, 0.717) is 0 Å². The van der Waals surface area contributed by atoms with Crippen LogP contribution in [0.1, 0.15) is 31.9 Å². The third-order valence-corrected chi connectivity index (χ3v) is 2.80. The van der Waals surface area contributed by atoms with Gasteiger partial charge in [-0.1, -0.05) is 39.0 Å². The number of para-hydroxylation sites is 1. The highest BCUT2D eigenvalue weighted by Crippen LogP contribution is 2.29. The van der Waals surface area contributed by atoms with Crippen LogP contribution in [0.5, 0.6) is 0 Å². The minimum Gasteiger partial charge on any atom is -0.472 e. The summed E-state index contributed by atoms with van der Waals surface area (Å²) in [6, 6.07) is 10.4. The Kier molecular flexibility index (Phi) is 3.23.